The molecule has 160 valence electrons. The summed E-state index contributed by atoms with van der Waals surface area (Å²) in [6, 6.07) is 20.5. The van der Waals surface area contributed by atoms with E-state index in [1.54, 1.807) is 30.3 Å². The van der Waals surface area contributed by atoms with Crippen molar-refractivity contribution >= 4 is 51.0 Å². The van der Waals surface area contributed by atoms with Crippen molar-refractivity contribution in [2.45, 2.75) is 6.54 Å². The molecular weight excluding hydrogens is 457 g/mol. The van der Waals surface area contributed by atoms with Crippen molar-refractivity contribution in [3.63, 3.8) is 0 Å². The third-order valence-electron chi connectivity index (χ3n) is 4.35. The van der Waals surface area contributed by atoms with Gasteiger partial charge in [-0.3, -0.25) is 9.10 Å². The number of carbonyl (C=O) groups excluding carboxylic acids is 1. The van der Waals surface area contributed by atoms with Crippen LogP contribution in [0.1, 0.15) is 21.5 Å². The van der Waals surface area contributed by atoms with Crippen LogP contribution in [-0.4, -0.2) is 26.8 Å². The summed E-state index contributed by atoms with van der Waals surface area (Å²) in [5.41, 5.74) is 4.52. The summed E-state index contributed by atoms with van der Waals surface area (Å²) < 4.78 is 25.9. The van der Waals surface area contributed by atoms with Gasteiger partial charge in [0.2, 0.25) is 10.0 Å². The summed E-state index contributed by atoms with van der Waals surface area (Å²) in [6.07, 6.45) is 2.51. The number of amides is 1. The molecule has 0 aliphatic heterocycles. The molecule has 9 heteroatoms. The monoisotopic (exact) mass is 475 g/mol. The predicted octanol–water partition coefficient (Wildman–Crippen LogP) is 4.72. The van der Waals surface area contributed by atoms with E-state index in [-0.39, 0.29) is 6.54 Å². The van der Waals surface area contributed by atoms with E-state index in [4.69, 9.17) is 23.2 Å². The lowest BCUT2D eigenvalue weighted by molar-refractivity contribution is 0.0955. The first kappa shape index (κ1) is 22.8. The molecule has 0 unspecified atom stereocenters. The third-order valence-corrected chi connectivity index (χ3v) is 6.15. The Morgan fingerprint density at radius 3 is 2.16 bits per heavy atom. The molecule has 3 rings (SSSR count). The van der Waals surface area contributed by atoms with Gasteiger partial charge < -0.3 is 0 Å². The number of benzene rings is 3. The van der Waals surface area contributed by atoms with E-state index >= 15 is 0 Å². The number of nitrogens with zero attached hydrogens (tertiary/aromatic N) is 2. The normalized spacial score (nSPS) is 11.5. The molecule has 0 radical (unpaired) electrons. The van der Waals surface area contributed by atoms with E-state index in [1.165, 1.54) is 22.7 Å². The van der Waals surface area contributed by atoms with Gasteiger partial charge >= 0.3 is 0 Å². The predicted molar refractivity (Wildman–Crippen MR) is 125 cm³/mol. The molecule has 0 fully saturated rings. The molecule has 6 nitrogen and oxygen atoms in total. The number of hydrogen-bond acceptors (Lipinski definition) is 4. The Bertz CT molecular complexity index is 1180. The summed E-state index contributed by atoms with van der Waals surface area (Å²) in [5.74, 6) is -0.458. The molecule has 0 heterocycles. The van der Waals surface area contributed by atoms with Crippen molar-refractivity contribution in [1.29, 1.82) is 0 Å². The maximum absolute atomic E-state index is 12.4. The second-order valence-corrected chi connectivity index (χ2v) is 9.36. The largest absolute Gasteiger partial charge is 0.271 e. The van der Waals surface area contributed by atoms with Gasteiger partial charge in [0.1, 0.15) is 0 Å². The lowest BCUT2D eigenvalue weighted by Crippen LogP contribution is -2.29. The van der Waals surface area contributed by atoms with Gasteiger partial charge in [0.25, 0.3) is 5.91 Å². The summed E-state index contributed by atoms with van der Waals surface area (Å²) in [4.78, 5) is 12.4. The average Bonchev–Trinajstić information content (AvgIpc) is 2.74. The Balaban J connectivity index is 1.73. The number of hydrazone groups is 1. The van der Waals surface area contributed by atoms with Crippen molar-refractivity contribution in [1.82, 2.24) is 5.43 Å². The quantitative estimate of drug-likeness (QED) is 0.396. The molecule has 0 aromatic heterocycles. The molecular formula is C22H19Cl2N3O3S. The Hall–Kier alpha value is -2.87. The van der Waals surface area contributed by atoms with Gasteiger partial charge in [-0.05, 0) is 42.0 Å². The van der Waals surface area contributed by atoms with Crippen LogP contribution in [0.5, 0.6) is 0 Å². The highest BCUT2D eigenvalue weighted by Gasteiger charge is 2.18. The molecule has 0 aliphatic rings. The van der Waals surface area contributed by atoms with Crippen LogP contribution in [0.25, 0.3) is 0 Å². The van der Waals surface area contributed by atoms with Crippen molar-refractivity contribution < 1.29 is 13.2 Å². The molecule has 1 N–H and O–H groups in total. The molecule has 0 bridgehead atoms. The second kappa shape index (κ2) is 9.96. The van der Waals surface area contributed by atoms with Crippen LogP contribution in [0.2, 0.25) is 10.0 Å². The topological polar surface area (TPSA) is 78.8 Å². The third kappa shape index (κ3) is 6.07. The van der Waals surface area contributed by atoms with Crippen LogP contribution < -0.4 is 9.73 Å². The molecule has 1 amide bonds. The smallest absolute Gasteiger partial charge is 0.267 e. The molecule has 0 saturated heterocycles. The minimum absolute atomic E-state index is 0.189. The van der Waals surface area contributed by atoms with E-state index in [9.17, 15) is 13.2 Å². The van der Waals surface area contributed by atoms with Gasteiger partial charge in [-0.2, -0.15) is 5.10 Å². The van der Waals surface area contributed by atoms with Crippen molar-refractivity contribution in [2.24, 2.45) is 5.10 Å². The Morgan fingerprint density at radius 2 is 1.58 bits per heavy atom. The average molecular weight is 476 g/mol. The zero-order valence-corrected chi connectivity index (χ0v) is 18.8. The standard InChI is InChI=1S/C22H19Cl2N3O3S/c1-31(29,30)27(15-16-6-3-2-4-7-16)18-12-10-17(11-13-18)22(28)26-25-14-19-20(23)8-5-9-21(19)24/h2-14H,15H2,1H3,(H,26,28)/b25-14+. The number of rotatable bonds is 7. The maximum atomic E-state index is 12.4. The Morgan fingerprint density at radius 1 is 0.968 bits per heavy atom. The lowest BCUT2D eigenvalue weighted by atomic mass is 10.2. The summed E-state index contributed by atoms with van der Waals surface area (Å²) >= 11 is 12.1. The Kier molecular flexibility index (Phi) is 7.33. The number of carbonyl (C=O) groups is 1. The van der Waals surface area contributed by atoms with Crippen LogP contribution in [0.3, 0.4) is 0 Å². The molecule has 0 aliphatic carbocycles. The number of halogens is 2. The molecule has 3 aromatic rings. The minimum Gasteiger partial charge on any atom is -0.267 e. The second-order valence-electron chi connectivity index (χ2n) is 6.64. The van der Waals surface area contributed by atoms with Crippen LogP contribution in [0.4, 0.5) is 5.69 Å². The molecule has 0 saturated carbocycles. The zero-order chi connectivity index (χ0) is 22.4. The lowest BCUT2D eigenvalue weighted by Gasteiger charge is -2.22. The molecule has 0 spiro atoms. The van der Waals surface area contributed by atoms with Crippen LogP contribution in [0, 0.1) is 0 Å². The molecule has 3 aromatic carbocycles. The highest BCUT2D eigenvalue weighted by Crippen LogP contribution is 2.23. The first-order valence-corrected chi connectivity index (χ1v) is 11.8. The van der Waals surface area contributed by atoms with Crippen LogP contribution >= 0.6 is 23.2 Å². The fourth-order valence-electron chi connectivity index (χ4n) is 2.78. The Labute approximate surface area is 191 Å². The number of sulfonamides is 1. The first-order valence-electron chi connectivity index (χ1n) is 9.15. The highest BCUT2D eigenvalue weighted by atomic mass is 35.5. The molecule has 0 atom stereocenters. The zero-order valence-electron chi connectivity index (χ0n) is 16.5. The van der Waals surface area contributed by atoms with Crippen molar-refractivity contribution in [3.8, 4) is 0 Å². The number of hydrogen-bond donors (Lipinski definition) is 1. The van der Waals surface area contributed by atoms with E-state index in [0.717, 1.165) is 11.8 Å². The van der Waals surface area contributed by atoms with Gasteiger partial charge in [-0.15, -0.1) is 0 Å². The van der Waals surface area contributed by atoms with Crippen molar-refractivity contribution in [3.05, 3.63) is 99.5 Å². The van der Waals surface area contributed by atoms with Gasteiger partial charge in [0.15, 0.2) is 0 Å². The summed E-state index contributed by atoms with van der Waals surface area (Å²) in [6.45, 7) is 0.189. The van der Waals surface area contributed by atoms with Gasteiger partial charge in [0.05, 0.1) is 34.7 Å². The van der Waals surface area contributed by atoms with Gasteiger partial charge in [-0.1, -0.05) is 59.6 Å². The first-order chi connectivity index (χ1) is 14.8. The SMILES string of the molecule is CS(=O)(=O)N(Cc1ccccc1)c1ccc(C(=O)N/N=C/c2c(Cl)cccc2Cl)cc1. The van der Waals surface area contributed by atoms with E-state index in [1.807, 2.05) is 30.3 Å². The fourth-order valence-corrected chi connectivity index (χ4v) is 4.17. The summed E-state index contributed by atoms with van der Waals surface area (Å²) in [7, 11) is -3.52. The van der Waals surface area contributed by atoms with E-state index in [0.29, 0.717) is 26.9 Å². The van der Waals surface area contributed by atoms with E-state index in [2.05, 4.69) is 10.5 Å². The van der Waals surface area contributed by atoms with Crippen LogP contribution in [-0.2, 0) is 16.6 Å². The number of anilines is 1. The minimum atomic E-state index is -3.52. The van der Waals surface area contributed by atoms with Crippen LogP contribution in [0.15, 0.2) is 77.9 Å². The maximum Gasteiger partial charge on any atom is 0.271 e. The number of nitrogens with one attached hydrogen (secondary N) is 1. The van der Waals surface area contributed by atoms with Gasteiger partial charge in [-0.25, -0.2) is 13.8 Å². The van der Waals surface area contributed by atoms with E-state index < -0.39 is 15.9 Å². The molecule has 31 heavy (non-hydrogen) atoms. The van der Waals surface area contributed by atoms with Crippen molar-refractivity contribution in [2.75, 3.05) is 10.6 Å². The highest BCUT2D eigenvalue weighted by molar-refractivity contribution is 7.92. The fraction of sp³-hybridized carbons (Fsp3) is 0.0909. The van der Waals surface area contributed by atoms with Gasteiger partial charge in [0, 0.05) is 11.1 Å². The summed E-state index contributed by atoms with van der Waals surface area (Å²) in [5, 5.41) is 4.71.